The van der Waals surface area contributed by atoms with Crippen LogP contribution in [0, 0.1) is 6.92 Å². The van der Waals surface area contributed by atoms with E-state index in [1.54, 1.807) is 11.8 Å². The van der Waals surface area contributed by atoms with Crippen LogP contribution < -0.4 is 11.1 Å². The second kappa shape index (κ2) is 7.44. The minimum absolute atomic E-state index is 0.250. The van der Waals surface area contributed by atoms with Gasteiger partial charge in [0, 0.05) is 11.3 Å². The van der Waals surface area contributed by atoms with E-state index in [0.717, 1.165) is 6.54 Å². The molecule has 2 atom stereocenters. The average molecular weight is 266 g/mol. The van der Waals surface area contributed by atoms with E-state index in [1.165, 1.54) is 11.1 Å². The van der Waals surface area contributed by atoms with Crippen molar-refractivity contribution < 1.29 is 4.79 Å². The molecule has 0 spiro atoms. The fourth-order valence-electron chi connectivity index (χ4n) is 1.86. The number of thioether (sulfide) groups is 1. The number of rotatable bonds is 7. The van der Waals surface area contributed by atoms with Gasteiger partial charge in [-0.15, -0.1) is 11.8 Å². The van der Waals surface area contributed by atoms with E-state index in [1.807, 2.05) is 0 Å². The summed E-state index contributed by atoms with van der Waals surface area (Å²) in [5.74, 6) is 0.112. The number of benzene rings is 1. The SMILES string of the molecule is CCNC(c1ccc(C)cc1)C(C)SCC(N)=O. The van der Waals surface area contributed by atoms with Gasteiger partial charge in [-0.1, -0.05) is 43.7 Å². The van der Waals surface area contributed by atoms with Crippen molar-refractivity contribution in [1.82, 2.24) is 5.32 Å². The summed E-state index contributed by atoms with van der Waals surface area (Å²) in [6.45, 7) is 7.20. The molecular weight excluding hydrogens is 244 g/mol. The first kappa shape index (κ1) is 15.1. The Hall–Kier alpha value is -1.00. The molecule has 0 fully saturated rings. The Labute approximate surface area is 114 Å². The third-order valence-electron chi connectivity index (χ3n) is 2.82. The van der Waals surface area contributed by atoms with E-state index >= 15 is 0 Å². The fourth-order valence-corrected chi connectivity index (χ4v) is 2.73. The van der Waals surface area contributed by atoms with Crippen LogP contribution >= 0.6 is 11.8 Å². The summed E-state index contributed by atoms with van der Waals surface area (Å²) >= 11 is 1.59. The zero-order valence-electron chi connectivity index (χ0n) is 11.3. The number of amides is 1. The first-order valence-corrected chi connectivity index (χ1v) is 7.29. The second-order valence-corrected chi connectivity index (χ2v) is 5.79. The lowest BCUT2D eigenvalue weighted by Gasteiger charge is -2.24. The molecule has 3 nitrogen and oxygen atoms in total. The van der Waals surface area contributed by atoms with Crippen molar-refractivity contribution in [2.45, 2.75) is 32.1 Å². The van der Waals surface area contributed by atoms with Crippen molar-refractivity contribution in [2.75, 3.05) is 12.3 Å². The maximum absolute atomic E-state index is 10.8. The summed E-state index contributed by atoms with van der Waals surface area (Å²) in [6, 6.07) is 8.77. The van der Waals surface area contributed by atoms with Crippen molar-refractivity contribution in [3.8, 4) is 0 Å². The molecule has 1 rings (SSSR count). The molecule has 1 aromatic carbocycles. The highest BCUT2D eigenvalue weighted by Crippen LogP contribution is 2.26. The Morgan fingerprint density at radius 1 is 1.39 bits per heavy atom. The van der Waals surface area contributed by atoms with E-state index in [0.29, 0.717) is 11.0 Å². The molecule has 0 bridgehead atoms. The van der Waals surface area contributed by atoms with Crippen LogP contribution in [0.2, 0.25) is 0 Å². The molecule has 0 aliphatic rings. The summed E-state index contributed by atoms with van der Waals surface area (Å²) in [7, 11) is 0. The molecule has 0 saturated heterocycles. The summed E-state index contributed by atoms with van der Waals surface area (Å²) in [6.07, 6.45) is 0. The van der Waals surface area contributed by atoms with Crippen LogP contribution in [-0.2, 0) is 4.79 Å². The Bertz CT molecular complexity index is 378. The number of carbonyl (C=O) groups is 1. The maximum Gasteiger partial charge on any atom is 0.227 e. The Morgan fingerprint density at radius 3 is 2.50 bits per heavy atom. The third-order valence-corrected chi connectivity index (χ3v) is 4.07. The maximum atomic E-state index is 10.8. The Morgan fingerprint density at radius 2 is 2.00 bits per heavy atom. The second-order valence-electron chi connectivity index (χ2n) is 4.43. The first-order chi connectivity index (χ1) is 8.54. The predicted octanol–water partition coefficient (Wildman–Crippen LogP) is 2.25. The molecule has 1 aromatic rings. The predicted molar refractivity (Wildman–Crippen MR) is 78.7 cm³/mol. The van der Waals surface area contributed by atoms with E-state index in [9.17, 15) is 4.79 Å². The highest BCUT2D eigenvalue weighted by atomic mass is 32.2. The van der Waals surface area contributed by atoms with Gasteiger partial charge in [-0.3, -0.25) is 4.79 Å². The van der Waals surface area contributed by atoms with Gasteiger partial charge in [0.25, 0.3) is 0 Å². The summed E-state index contributed by atoms with van der Waals surface area (Å²) in [4.78, 5) is 10.8. The average Bonchev–Trinajstić information content (AvgIpc) is 2.34. The van der Waals surface area contributed by atoms with Crippen LogP contribution in [0.3, 0.4) is 0 Å². The molecule has 1 amide bonds. The number of nitrogens with one attached hydrogen (secondary N) is 1. The Kier molecular flexibility index (Phi) is 6.22. The number of hydrogen-bond acceptors (Lipinski definition) is 3. The number of primary amides is 1. The number of carbonyl (C=O) groups excluding carboxylic acids is 1. The van der Waals surface area contributed by atoms with Gasteiger partial charge in [0.15, 0.2) is 0 Å². The smallest absolute Gasteiger partial charge is 0.227 e. The monoisotopic (exact) mass is 266 g/mol. The molecule has 0 radical (unpaired) electrons. The molecule has 4 heteroatoms. The van der Waals surface area contributed by atoms with Gasteiger partial charge in [0.2, 0.25) is 5.91 Å². The van der Waals surface area contributed by atoms with Gasteiger partial charge in [0.1, 0.15) is 0 Å². The topological polar surface area (TPSA) is 55.1 Å². The molecule has 100 valence electrons. The van der Waals surface area contributed by atoms with Gasteiger partial charge in [-0.25, -0.2) is 0 Å². The van der Waals surface area contributed by atoms with Gasteiger partial charge in [-0.05, 0) is 19.0 Å². The third kappa shape index (κ3) is 4.70. The molecule has 3 N–H and O–H groups in total. The van der Waals surface area contributed by atoms with Crippen molar-refractivity contribution in [3.05, 3.63) is 35.4 Å². The lowest BCUT2D eigenvalue weighted by Crippen LogP contribution is -2.29. The van der Waals surface area contributed by atoms with Gasteiger partial charge in [-0.2, -0.15) is 0 Å². The lowest BCUT2D eigenvalue weighted by atomic mass is 10.0. The standard InChI is InChI=1S/C14H22N2OS/c1-4-16-14(11(3)18-9-13(15)17)12-7-5-10(2)6-8-12/h5-8,11,14,16H,4,9H2,1-3H3,(H2,15,17). The van der Waals surface area contributed by atoms with Crippen molar-refractivity contribution in [3.63, 3.8) is 0 Å². The van der Waals surface area contributed by atoms with Gasteiger partial charge in [0.05, 0.1) is 5.75 Å². The van der Waals surface area contributed by atoms with Crippen LogP contribution in [0.15, 0.2) is 24.3 Å². The summed E-state index contributed by atoms with van der Waals surface area (Å²) in [5, 5.41) is 3.77. The highest BCUT2D eigenvalue weighted by Gasteiger charge is 2.19. The van der Waals surface area contributed by atoms with Crippen molar-refractivity contribution in [1.29, 1.82) is 0 Å². The molecule has 2 unspecified atom stereocenters. The van der Waals surface area contributed by atoms with Crippen molar-refractivity contribution >= 4 is 17.7 Å². The van der Waals surface area contributed by atoms with E-state index < -0.39 is 0 Å². The van der Waals surface area contributed by atoms with E-state index in [4.69, 9.17) is 5.73 Å². The highest BCUT2D eigenvalue weighted by molar-refractivity contribution is 8.00. The molecular formula is C14H22N2OS. The quantitative estimate of drug-likeness (QED) is 0.796. The largest absolute Gasteiger partial charge is 0.369 e. The molecule has 0 aliphatic heterocycles. The van der Waals surface area contributed by atoms with Crippen LogP contribution in [0.4, 0.5) is 0 Å². The normalized spacial score (nSPS) is 14.2. The molecule has 0 aromatic heterocycles. The Balaban J connectivity index is 2.74. The minimum atomic E-state index is -0.258. The van der Waals surface area contributed by atoms with Crippen molar-refractivity contribution in [2.24, 2.45) is 5.73 Å². The van der Waals surface area contributed by atoms with Gasteiger partial charge < -0.3 is 11.1 Å². The fraction of sp³-hybridized carbons (Fsp3) is 0.500. The molecule has 0 aliphatic carbocycles. The summed E-state index contributed by atoms with van der Waals surface area (Å²) in [5.41, 5.74) is 7.71. The van der Waals surface area contributed by atoms with Crippen LogP contribution in [0.25, 0.3) is 0 Å². The van der Waals surface area contributed by atoms with Crippen LogP contribution in [-0.4, -0.2) is 23.5 Å². The van der Waals surface area contributed by atoms with Gasteiger partial charge >= 0.3 is 0 Å². The zero-order chi connectivity index (χ0) is 13.5. The minimum Gasteiger partial charge on any atom is -0.369 e. The zero-order valence-corrected chi connectivity index (χ0v) is 12.1. The van der Waals surface area contributed by atoms with E-state index in [2.05, 4.69) is 50.4 Å². The molecule has 0 saturated carbocycles. The number of nitrogens with two attached hydrogens (primary N) is 1. The van der Waals surface area contributed by atoms with Crippen LogP contribution in [0.5, 0.6) is 0 Å². The summed E-state index contributed by atoms with van der Waals surface area (Å²) < 4.78 is 0. The lowest BCUT2D eigenvalue weighted by molar-refractivity contribution is -0.115. The van der Waals surface area contributed by atoms with E-state index in [-0.39, 0.29) is 11.9 Å². The molecule has 18 heavy (non-hydrogen) atoms. The van der Waals surface area contributed by atoms with Crippen LogP contribution in [0.1, 0.15) is 31.0 Å². The number of hydrogen-bond donors (Lipinski definition) is 2. The first-order valence-electron chi connectivity index (χ1n) is 6.24. The molecule has 0 heterocycles. The number of aryl methyl sites for hydroxylation is 1.